The number of benzene rings is 1. The van der Waals surface area contributed by atoms with E-state index >= 15 is 0 Å². The zero-order valence-electron chi connectivity index (χ0n) is 12.6. The van der Waals surface area contributed by atoms with Gasteiger partial charge in [-0.05, 0) is 30.0 Å². The highest BCUT2D eigenvalue weighted by Crippen LogP contribution is 2.15. The molecule has 0 aliphatic rings. The smallest absolute Gasteiger partial charge is 0.236 e. The van der Waals surface area contributed by atoms with Crippen LogP contribution < -0.4 is 5.32 Å². The summed E-state index contributed by atoms with van der Waals surface area (Å²) in [7, 11) is 1.85. The normalized spacial score (nSPS) is 10.8. The van der Waals surface area contributed by atoms with Crippen LogP contribution in [0.5, 0.6) is 0 Å². The molecule has 1 amide bonds. The van der Waals surface area contributed by atoms with Crippen LogP contribution in [0.25, 0.3) is 0 Å². The van der Waals surface area contributed by atoms with E-state index in [0.29, 0.717) is 19.0 Å². The van der Waals surface area contributed by atoms with Gasteiger partial charge in [-0.25, -0.2) is 0 Å². The van der Waals surface area contributed by atoms with Crippen molar-refractivity contribution in [3.8, 4) is 0 Å². The average Bonchev–Trinajstić information content (AvgIpc) is 2.39. The van der Waals surface area contributed by atoms with E-state index in [1.807, 2.05) is 7.05 Å². The van der Waals surface area contributed by atoms with Crippen LogP contribution in [0, 0.1) is 0 Å². The maximum Gasteiger partial charge on any atom is 0.236 e. The first-order valence-corrected chi connectivity index (χ1v) is 7.08. The van der Waals surface area contributed by atoms with Crippen LogP contribution in [0.3, 0.4) is 0 Å². The molecule has 0 aliphatic carbocycles. The monoisotopic (exact) mass is 262 g/mol. The molecule has 0 aliphatic heterocycles. The number of hydrogen-bond donors (Lipinski definition) is 1. The Morgan fingerprint density at radius 3 is 2.42 bits per heavy atom. The number of carbonyl (C=O) groups is 1. The fraction of sp³-hybridized carbons (Fsp3) is 0.562. The van der Waals surface area contributed by atoms with Crippen molar-refractivity contribution in [2.75, 3.05) is 20.1 Å². The van der Waals surface area contributed by atoms with Crippen molar-refractivity contribution in [1.29, 1.82) is 0 Å². The fourth-order valence-corrected chi connectivity index (χ4v) is 1.88. The van der Waals surface area contributed by atoms with Crippen molar-refractivity contribution in [3.63, 3.8) is 0 Å². The minimum absolute atomic E-state index is 0.140. The molecule has 0 fully saturated rings. The van der Waals surface area contributed by atoms with Gasteiger partial charge >= 0.3 is 0 Å². The van der Waals surface area contributed by atoms with E-state index in [4.69, 9.17) is 0 Å². The summed E-state index contributed by atoms with van der Waals surface area (Å²) < 4.78 is 0. The molecule has 0 spiro atoms. The summed E-state index contributed by atoms with van der Waals surface area (Å²) in [4.78, 5) is 13.6. The minimum atomic E-state index is 0.140. The highest BCUT2D eigenvalue weighted by Gasteiger charge is 2.08. The molecule has 0 unspecified atom stereocenters. The molecule has 3 heteroatoms. The second-order valence-electron chi connectivity index (χ2n) is 5.32. The largest absolute Gasteiger partial charge is 0.340 e. The fourth-order valence-electron chi connectivity index (χ4n) is 1.88. The van der Waals surface area contributed by atoms with Gasteiger partial charge < -0.3 is 10.2 Å². The lowest BCUT2D eigenvalue weighted by Gasteiger charge is -2.18. The molecule has 0 saturated carbocycles. The van der Waals surface area contributed by atoms with Crippen molar-refractivity contribution >= 4 is 5.91 Å². The van der Waals surface area contributed by atoms with Crippen LogP contribution in [0.2, 0.25) is 0 Å². The Hall–Kier alpha value is -1.35. The number of nitrogens with zero attached hydrogens (tertiary/aromatic N) is 1. The van der Waals surface area contributed by atoms with Gasteiger partial charge in [0.15, 0.2) is 0 Å². The molecule has 19 heavy (non-hydrogen) atoms. The summed E-state index contributed by atoms with van der Waals surface area (Å²) >= 11 is 0. The molecule has 0 radical (unpaired) electrons. The Balaban J connectivity index is 2.47. The lowest BCUT2D eigenvalue weighted by atomic mass is 10.0. The third-order valence-corrected chi connectivity index (χ3v) is 3.19. The first-order chi connectivity index (χ1) is 9.04. The van der Waals surface area contributed by atoms with Gasteiger partial charge in [0.1, 0.15) is 0 Å². The van der Waals surface area contributed by atoms with Crippen LogP contribution in [0.1, 0.15) is 44.2 Å². The van der Waals surface area contributed by atoms with Gasteiger partial charge in [-0.15, -0.1) is 0 Å². The van der Waals surface area contributed by atoms with Crippen molar-refractivity contribution in [2.24, 2.45) is 0 Å². The van der Waals surface area contributed by atoms with E-state index in [1.54, 1.807) is 4.90 Å². The first kappa shape index (κ1) is 15.7. The average molecular weight is 262 g/mol. The Bertz CT molecular complexity index is 384. The summed E-state index contributed by atoms with van der Waals surface area (Å²) in [5.74, 6) is 0.688. The molecule has 1 rings (SSSR count). The molecule has 106 valence electrons. The summed E-state index contributed by atoms with van der Waals surface area (Å²) in [6, 6.07) is 8.51. The zero-order valence-corrected chi connectivity index (χ0v) is 12.6. The molecular formula is C16H26N2O. The molecule has 0 heterocycles. The lowest BCUT2D eigenvalue weighted by Crippen LogP contribution is -2.35. The first-order valence-electron chi connectivity index (χ1n) is 7.08. The Labute approximate surface area is 117 Å². The molecule has 1 N–H and O–H groups in total. The quantitative estimate of drug-likeness (QED) is 0.766. The highest BCUT2D eigenvalue weighted by molar-refractivity contribution is 5.77. The number of hydrogen-bond acceptors (Lipinski definition) is 2. The number of rotatable bonds is 7. The van der Waals surface area contributed by atoms with E-state index < -0.39 is 0 Å². The Morgan fingerprint density at radius 1 is 1.26 bits per heavy atom. The van der Waals surface area contributed by atoms with Crippen LogP contribution in [0.4, 0.5) is 0 Å². The number of carbonyl (C=O) groups excluding carboxylic acids is 1. The van der Waals surface area contributed by atoms with Crippen molar-refractivity contribution < 1.29 is 4.79 Å². The van der Waals surface area contributed by atoms with Gasteiger partial charge in [0.05, 0.1) is 6.54 Å². The second-order valence-corrected chi connectivity index (χ2v) is 5.32. The van der Waals surface area contributed by atoms with Crippen LogP contribution >= 0.6 is 0 Å². The molecule has 1 aromatic carbocycles. The Morgan fingerprint density at radius 2 is 1.89 bits per heavy atom. The maximum absolute atomic E-state index is 11.9. The van der Waals surface area contributed by atoms with Gasteiger partial charge in [0.25, 0.3) is 0 Å². The predicted octanol–water partition coefficient (Wildman–Crippen LogP) is 2.77. The van der Waals surface area contributed by atoms with Crippen molar-refractivity contribution in [1.82, 2.24) is 10.2 Å². The van der Waals surface area contributed by atoms with Gasteiger partial charge in [0.2, 0.25) is 5.91 Å². The minimum Gasteiger partial charge on any atom is -0.340 e. The topological polar surface area (TPSA) is 32.3 Å². The third kappa shape index (κ3) is 5.43. The molecular weight excluding hydrogens is 236 g/mol. The highest BCUT2D eigenvalue weighted by atomic mass is 16.2. The molecule has 0 aromatic heterocycles. The van der Waals surface area contributed by atoms with Gasteiger partial charge in [-0.1, -0.05) is 45.0 Å². The molecule has 3 nitrogen and oxygen atoms in total. The number of amides is 1. The molecule has 0 saturated heterocycles. The molecule has 0 atom stereocenters. The summed E-state index contributed by atoms with van der Waals surface area (Å²) in [6.07, 6.45) is 1.05. The number of nitrogens with one attached hydrogen (secondary N) is 1. The van der Waals surface area contributed by atoms with Crippen LogP contribution in [-0.4, -0.2) is 30.9 Å². The Kier molecular flexibility index (Phi) is 6.57. The van der Waals surface area contributed by atoms with E-state index in [-0.39, 0.29) is 5.91 Å². The van der Waals surface area contributed by atoms with Crippen LogP contribution in [-0.2, 0) is 11.3 Å². The maximum atomic E-state index is 11.9. The third-order valence-electron chi connectivity index (χ3n) is 3.19. The van der Waals surface area contributed by atoms with E-state index in [9.17, 15) is 4.79 Å². The SMILES string of the molecule is CCCNCC(=O)N(C)Cc1ccc(C(C)C)cc1. The second kappa shape index (κ2) is 7.95. The van der Waals surface area contributed by atoms with Crippen molar-refractivity contribution in [3.05, 3.63) is 35.4 Å². The zero-order chi connectivity index (χ0) is 14.3. The predicted molar refractivity (Wildman–Crippen MR) is 80.2 cm³/mol. The van der Waals surface area contributed by atoms with Gasteiger partial charge in [-0.2, -0.15) is 0 Å². The summed E-state index contributed by atoms with van der Waals surface area (Å²) in [5, 5.41) is 3.13. The standard InChI is InChI=1S/C16H26N2O/c1-5-10-17-11-16(19)18(4)12-14-6-8-15(9-7-14)13(2)3/h6-9,13,17H,5,10-12H2,1-4H3. The van der Waals surface area contributed by atoms with E-state index in [2.05, 4.69) is 50.4 Å². The van der Waals surface area contributed by atoms with Gasteiger partial charge in [-0.3, -0.25) is 4.79 Å². The van der Waals surface area contributed by atoms with Crippen molar-refractivity contribution in [2.45, 2.75) is 39.7 Å². The molecule has 1 aromatic rings. The number of likely N-dealkylation sites (N-methyl/N-ethyl adjacent to an activating group) is 1. The van der Waals surface area contributed by atoms with Crippen LogP contribution in [0.15, 0.2) is 24.3 Å². The van der Waals surface area contributed by atoms with E-state index in [0.717, 1.165) is 13.0 Å². The summed E-state index contributed by atoms with van der Waals surface area (Å²) in [5.41, 5.74) is 2.51. The molecule has 0 bridgehead atoms. The van der Waals surface area contributed by atoms with E-state index in [1.165, 1.54) is 11.1 Å². The lowest BCUT2D eigenvalue weighted by molar-refractivity contribution is -0.129. The summed E-state index contributed by atoms with van der Waals surface area (Å²) in [6.45, 7) is 8.45. The van der Waals surface area contributed by atoms with Gasteiger partial charge in [0, 0.05) is 13.6 Å².